The topological polar surface area (TPSA) is 45.2 Å². The predicted octanol–water partition coefficient (Wildman–Crippen LogP) is 3.68. The normalized spacial score (nSPS) is 18.7. The lowest BCUT2D eigenvalue weighted by molar-refractivity contribution is -0.121. The summed E-state index contributed by atoms with van der Waals surface area (Å²) < 4.78 is 0. The molecule has 1 aliphatic rings. The first-order valence-electron chi connectivity index (χ1n) is 9.33. The quantitative estimate of drug-likeness (QED) is 0.845. The van der Waals surface area contributed by atoms with E-state index in [2.05, 4.69) is 51.6 Å². The van der Waals surface area contributed by atoms with Crippen LogP contribution in [0.15, 0.2) is 41.8 Å². The standard InChI is InChI=1S/C21H27N3OS/c1-17-22-20(16-26-17)14-21(25)23-19-11-5-6-12-24(15-19)13-7-10-18-8-3-2-4-9-18/h2-4,7-10,16,19H,5-6,11-15H2,1H3,(H,23,25)/b10-7+/t19-/m1/s1. The summed E-state index contributed by atoms with van der Waals surface area (Å²) in [6.07, 6.45) is 8.19. The summed E-state index contributed by atoms with van der Waals surface area (Å²) in [5.74, 6) is 0.0852. The number of thiazole rings is 1. The Morgan fingerprint density at radius 1 is 1.35 bits per heavy atom. The van der Waals surface area contributed by atoms with E-state index in [0.29, 0.717) is 6.42 Å². The molecule has 3 rings (SSSR count). The summed E-state index contributed by atoms with van der Waals surface area (Å²) in [6, 6.07) is 10.6. The SMILES string of the molecule is Cc1nc(CC(=O)N[C@@H]2CCCCN(C/C=C/c3ccccc3)C2)cs1. The third-order valence-corrected chi connectivity index (χ3v) is 5.42. The van der Waals surface area contributed by atoms with Crippen LogP contribution >= 0.6 is 11.3 Å². The molecule has 138 valence electrons. The molecule has 0 unspecified atom stereocenters. The van der Waals surface area contributed by atoms with E-state index in [1.54, 1.807) is 11.3 Å². The van der Waals surface area contributed by atoms with Crippen molar-refractivity contribution in [3.8, 4) is 0 Å². The smallest absolute Gasteiger partial charge is 0.226 e. The molecular formula is C21H27N3OS. The largest absolute Gasteiger partial charge is 0.352 e. The van der Waals surface area contributed by atoms with Crippen molar-refractivity contribution in [1.82, 2.24) is 15.2 Å². The van der Waals surface area contributed by atoms with Gasteiger partial charge in [-0.25, -0.2) is 4.98 Å². The van der Waals surface area contributed by atoms with Crippen molar-refractivity contribution in [2.45, 2.75) is 38.6 Å². The number of benzene rings is 1. The molecule has 1 aliphatic heterocycles. The van der Waals surface area contributed by atoms with Crippen LogP contribution in [0, 0.1) is 6.92 Å². The number of rotatable bonds is 6. The van der Waals surface area contributed by atoms with Gasteiger partial charge in [0.1, 0.15) is 0 Å². The van der Waals surface area contributed by atoms with E-state index in [0.717, 1.165) is 36.8 Å². The summed E-state index contributed by atoms with van der Waals surface area (Å²) >= 11 is 1.60. The Morgan fingerprint density at radius 2 is 2.19 bits per heavy atom. The second kappa shape index (κ2) is 9.64. The van der Waals surface area contributed by atoms with Gasteiger partial charge in [0.25, 0.3) is 0 Å². The van der Waals surface area contributed by atoms with Crippen LogP contribution in [0.4, 0.5) is 0 Å². The van der Waals surface area contributed by atoms with Crippen LogP contribution in [0.1, 0.15) is 35.5 Å². The first kappa shape index (κ1) is 18.8. The Morgan fingerprint density at radius 3 is 2.96 bits per heavy atom. The van der Waals surface area contributed by atoms with Gasteiger partial charge < -0.3 is 5.32 Å². The van der Waals surface area contributed by atoms with Crippen molar-refractivity contribution in [2.75, 3.05) is 19.6 Å². The van der Waals surface area contributed by atoms with E-state index >= 15 is 0 Å². The van der Waals surface area contributed by atoms with Crippen molar-refractivity contribution in [3.63, 3.8) is 0 Å². The molecule has 1 N–H and O–H groups in total. The highest BCUT2D eigenvalue weighted by atomic mass is 32.1. The molecule has 1 saturated heterocycles. The third kappa shape index (κ3) is 6.07. The van der Waals surface area contributed by atoms with Gasteiger partial charge in [-0.15, -0.1) is 11.3 Å². The summed E-state index contributed by atoms with van der Waals surface area (Å²) in [6.45, 7) is 4.91. The number of amides is 1. The van der Waals surface area contributed by atoms with Crippen molar-refractivity contribution in [1.29, 1.82) is 0 Å². The first-order valence-corrected chi connectivity index (χ1v) is 10.2. The van der Waals surface area contributed by atoms with Gasteiger partial charge in [-0.3, -0.25) is 9.69 Å². The van der Waals surface area contributed by atoms with Gasteiger partial charge in [0.2, 0.25) is 5.91 Å². The third-order valence-electron chi connectivity index (χ3n) is 4.60. The van der Waals surface area contributed by atoms with E-state index in [9.17, 15) is 4.79 Å². The van der Waals surface area contributed by atoms with Crippen molar-refractivity contribution < 1.29 is 4.79 Å². The molecule has 0 radical (unpaired) electrons. The molecule has 4 nitrogen and oxygen atoms in total. The van der Waals surface area contributed by atoms with Crippen LogP contribution in [0.2, 0.25) is 0 Å². The van der Waals surface area contributed by atoms with Gasteiger partial charge in [-0.1, -0.05) is 48.9 Å². The van der Waals surface area contributed by atoms with Crippen LogP contribution in [0.3, 0.4) is 0 Å². The fraction of sp³-hybridized carbons (Fsp3) is 0.429. The van der Waals surface area contributed by atoms with Gasteiger partial charge in [0.15, 0.2) is 0 Å². The van der Waals surface area contributed by atoms with Crippen LogP contribution in [0.25, 0.3) is 6.08 Å². The Bertz CT molecular complexity index is 726. The van der Waals surface area contributed by atoms with E-state index < -0.39 is 0 Å². The van der Waals surface area contributed by atoms with Crippen LogP contribution in [-0.4, -0.2) is 41.5 Å². The number of hydrogen-bond acceptors (Lipinski definition) is 4. The number of carbonyl (C=O) groups excluding carboxylic acids is 1. The number of aromatic nitrogens is 1. The lowest BCUT2D eigenvalue weighted by atomic mass is 10.1. The zero-order valence-corrected chi connectivity index (χ0v) is 16.2. The van der Waals surface area contributed by atoms with E-state index in [4.69, 9.17) is 0 Å². The summed E-state index contributed by atoms with van der Waals surface area (Å²) in [4.78, 5) is 19.1. The molecule has 2 heterocycles. The molecule has 0 aliphatic carbocycles. The summed E-state index contributed by atoms with van der Waals surface area (Å²) in [5.41, 5.74) is 2.10. The van der Waals surface area contributed by atoms with E-state index in [1.165, 1.54) is 18.4 Å². The van der Waals surface area contributed by atoms with Crippen LogP contribution in [-0.2, 0) is 11.2 Å². The zero-order valence-electron chi connectivity index (χ0n) is 15.4. The highest BCUT2D eigenvalue weighted by Crippen LogP contribution is 2.13. The number of carbonyl (C=O) groups is 1. The van der Waals surface area contributed by atoms with Gasteiger partial charge in [0.05, 0.1) is 17.1 Å². The molecule has 1 fully saturated rings. The van der Waals surface area contributed by atoms with Crippen molar-refractivity contribution >= 4 is 23.3 Å². The minimum atomic E-state index is 0.0852. The zero-order chi connectivity index (χ0) is 18.2. The predicted molar refractivity (Wildman–Crippen MR) is 108 cm³/mol. The number of aryl methyl sites for hydroxylation is 1. The number of hydrogen-bond donors (Lipinski definition) is 1. The molecule has 0 bridgehead atoms. The number of nitrogens with zero attached hydrogens (tertiary/aromatic N) is 2. The second-order valence-corrected chi connectivity index (χ2v) is 7.93. The highest BCUT2D eigenvalue weighted by Gasteiger charge is 2.19. The molecule has 1 atom stereocenters. The molecule has 1 amide bonds. The van der Waals surface area contributed by atoms with Gasteiger partial charge in [-0.2, -0.15) is 0 Å². The highest BCUT2D eigenvalue weighted by molar-refractivity contribution is 7.09. The average Bonchev–Trinajstić information content (AvgIpc) is 2.90. The molecule has 26 heavy (non-hydrogen) atoms. The van der Waals surface area contributed by atoms with Crippen molar-refractivity contribution in [3.05, 3.63) is 58.1 Å². The van der Waals surface area contributed by atoms with Gasteiger partial charge >= 0.3 is 0 Å². The van der Waals surface area contributed by atoms with Crippen LogP contribution in [0.5, 0.6) is 0 Å². The Hall–Kier alpha value is -1.98. The Labute approximate surface area is 160 Å². The van der Waals surface area contributed by atoms with Gasteiger partial charge in [-0.05, 0) is 31.9 Å². The van der Waals surface area contributed by atoms with Gasteiger partial charge in [0, 0.05) is 24.5 Å². The number of nitrogens with one attached hydrogen (secondary N) is 1. The maximum atomic E-state index is 12.3. The molecule has 1 aromatic heterocycles. The Kier molecular flexibility index (Phi) is 6.97. The molecule has 5 heteroatoms. The second-order valence-electron chi connectivity index (χ2n) is 6.87. The van der Waals surface area contributed by atoms with E-state index in [-0.39, 0.29) is 11.9 Å². The van der Waals surface area contributed by atoms with Crippen LogP contribution < -0.4 is 5.32 Å². The lowest BCUT2D eigenvalue weighted by Crippen LogP contribution is -2.43. The van der Waals surface area contributed by atoms with E-state index in [1.807, 2.05) is 18.4 Å². The molecule has 2 aromatic rings. The summed E-state index contributed by atoms with van der Waals surface area (Å²) in [5, 5.41) is 6.20. The fourth-order valence-corrected chi connectivity index (χ4v) is 3.95. The monoisotopic (exact) mass is 369 g/mol. The minimum Gasteiger partial charge on any atom is -0.352 e. The molecule has 1 aromatic carbocycles. The fourth-order valence-electron chi connectivity index (χ4n) is 3.34. The summed E-state index contributed by atoms with van der Waals surface area (Å²) in [7, 11) is 0. The maximum absolute atomic E-state index is 12.3. The average molecular weight is 370 g/mol. The maximum Gasteiger partial charge on any atom is 0.226 e. The molecule has 0 saturated carbocycles. The minimum absolute atomic E-state index is 0.0852. The number of likely N-dealkylation sites (tertiary alicyclic amines) is 1. The molecular weight excluding hydrogens is 342 g/mol. The van der Waals surface area contributed by atoms with Crippen molar-refractivity contribution in [2.24, 2.45) is 0 Å². The Balaban J connectivity index is 1.48. The molecule has 0 spiro atoms. The first-order chi connectivity index (χ1) is 12.7. The lowest BCUT2D eigenvalue weighted by Gasteiger charge is -2.23.